The molecule has 1 atom stereocenters. The molecule has 3 aromatic rings. The summed E-state index contributed by atoms with van der Waals surface area (Å²) in [6, 6.07) is 17.8. The molecule has 0 fully saturated rings. The number of carbonyl (C=O) groups is 1. The van der Waals surface area contributed by atoms with E-state index in [0.717, 1.165) is 22.1 Å². The van der Waals surface area contributed by atoms with E-state index in [9.17, 15) is 4.79 Å². The van der Waals surface area contributed by atoms with Gasteiger partial charge in [0.2, 0.25) is 5.91 Å². The summed E-state index contributed by atoms with van der Waals surface area (Å²) in [7, 11) is 0. The van der Waals surface area contributed by atoms with E-state index in [1.165, 1.54) is 17.3 Å². The first-order chi connectivity index (χ1) is 11.6. The number of aromatic amines is 1. The van der Waals surface area contributed by atoms with Crippen molar-refractivity contribution in [2.24, 2.45) is 0 Å². The Morgan fingerprint density at radius 3 is 2.54 bits per heavy atom. The Kier molecular flexibility index (Phi) is 5.01. The Morgan fingerprint density at radius 2 is 1.83 bits per heavy atom. The molecule has 4 nitrogen and oxygen atoms in total. The van der Waals surface area contributed by atoms with Crippen molar-refractivity contribution < 1.29 is 4.79 Å². The standard InChI is InChI=1S/C19H19N3OS/c1-13-8-10-16(11-9-13)21-18(23)14(2)24-19-20-12-17(22-19)15-6-4-3-5-7-15/h3-12,14H,1-2H3,(H,20,22)(H,21,23)/t14-/m1/s1. The molecule has 0 aliphatic carbocycles. The Hall–Kier alpha value is -2.53. The molecule has 1 amide bonds. The minimum Gasteiger partial charge on any atom is -0.333 e. The first-order valence-corrected chi connectivity index (χ1v) is 8.64. The van der Waals surface area contributed by atoms with Gasteiger partial charge in [0.25, 0.3) is 0 Å². The number of aryl methyl sites for hydroxylation is 1. The largest absolute Gasteiger partial charge is 0.333 e. The fourth-order valence-corrected chi connectivity index (χ4v) is 3.01. The monoisotopic (exact) mass is 337 g/mol. The quantitative estimate of drug-likeness (QED) is 0.674. The van der Waals surface area contributed by atoms with Crippen LogP contribution in [0.2, 0.25) is 0 Å². The molecule has 0 aliphatic heterocycles. The molecule has 2 N–H and O–H groups in total. The third-order valence-electron chi connectivity index (χ3n) is 3.61. The first kappa shape index (κ1) is 16.3. The van der Waals surface area contributed by atoms with Crippen LogP contribution < -0.4 is 5.32 Å². The van der Waals surface area contributed by atoms with Gasteiger partial charge in [-0.05, 0) is 31.5 Å². The smallest absolute Gasteiger partial charge is 0.237 e. The molecule has 0 aliphatic rings. The number of carbonyl (C=O) groups excluding carboxylic acids is 1. The molecule has 2 aromatic carbocycles. The van der Waals surface area contributed by atoms with Crippen LogP contribution in [0.25, 0.3) is 11.3 Å². The van der Waals surface area contributed by atoms with Crippen molar-refractivity contribution in [1.82, 2.24) is 9.97 Å². The lowest BCUT2D eigenvalue weighted by Gasteiger charge is -2.10. The fraction of sp³-hybridized carbons (Fsp3) is 0.158. The highest BCUT2D eigenvalue weighted by Gasteiger charge is 2.16. The maximum atomic E-state index is 12.3. The van der Waals surface area contributed by atoms with Gasteiger partial charge < -0.3 is 10.3 Å². The van der Waals surface area contributed by atoms with Crippen LogP contribution in [-0.4, -0.2) is 21.1 Å². The molecule has 24 heavy (non-hydrogen) atoms. The number of hydrogen-bond donors (Lipinski definition) is 2. The van der Waals surface area contributed by atoms with E-state index < -0.39 is 0 Å². The summed E-state index contributed by atoms with van der Waals surface area (Å²) in [4.78, 5) is 19.9. The van der Waals surface area contributed by atoms with Gasteiger partial charge in [-0.3, -0.25) is 4.79 Å². The van der Waals surface area contributed by atoms with Crippen molar-refractivity contribution in [3.8, 4) is 11.3 Å². The summed E-state index contributed by atoms with van der Waals surface area (Å²) >= 11 is 1.41. The topological polar surface area (TPSA) is 57.8 Å². The van der Waals surface area contributed by atoms with Gasteiger partial charge in [-0.25, -0.2) is 4.98 Å². The predicted molar refractivity (Wildman–Crippen MR) is 99.2 cm³/mol. The second-order valence-electron chi connectivity index (χ2n) is 5.58. The van der Waals surface area contributed by atoms with Crippen molar-refractivity contribution in [1.29, 1.82) is 0 Å². The van der Waals surface area contributed by atoms with E-state index >= 15 is 0 Å². The molecule has 1 aromatic heterocycles. The number of thioether (sulfide) groups is 1. The molecular weight excluding hydrogens is 318 g/mol. The van der Waals surface area contributed by atoms with Crippen molar-refractivity contribution in [2.75, 3.05) is 5.32 Å². The van der Waals surface area contributed by atoms with E-state index in [2.05, 4.69) is 15.3 Å². The molecule has 1 heterocycles. The second-order valence-corrected chi connectivity index (χ2v) is 6.91. The molecule has 122 valence electrons. The minimum absolute atomic E-state index is 0.0403. The summed E-state index contributed by atoms with van der Waals surface area (Å²) in [5.41, 5.74) is 4.00. The van der Waals surface area contributed by atoms with Crippen LogP contribution in [0.1, 0.15) is 12.5 Å². The Labute approximate surface area is 145 Å². The van der Waals surface area contributed by atoms with E-state index in [0.29, 0.717) is 0 Å². The van der Waals surface area contributed by atoms with Crippen LogP contribution in [0.4, 0.5) is 5.69 Å². The number of amides is 1. The van der Waals surface area contributed by atoms with Gasteiger partial charge >= 0.3 is 0 Å². The molecule has 0 spiro atoms. The fourth-order valence-electron chi connectivity index (χ4n) is 2.23. The SMILES string of the molecule is Cc1ccc(NC(=O)[C@@H](C)Sc2ncc(-c3ccccc3)[nH]2)cc1. The van der Waals surface area contributed by atoms with E-state index in [4.69, 9.17) is 0 Å². The number of H-pyrrole nitrogens is 1. The van der Waals surface area contributed by atoms with Gasteiger partial charge in [0, 0.05) is 5.69 Å². The molecule has 0 radical (unpaired) electrons. The molecule has 0 saturated carbocycles. The van der Waals surface area contributed by atoms with Crippen LogP contribution in [-0.2, 0) is 4.79 Å². The molecule has 0 bridgehead atoms. The highest BCUT2D eigenvalue weighted by Crippen LogP contribution is 2.25. The summed E-state index contributed by atoms with van der Waals surface area (Å²) in [6.45, 7) is 3.89. The lowest BCUT2D eigenvalue weighted by atomic mass is 10.2. The zero-order valence-corrected chi connectivity index (χ0v) is 14.4. The molecule has 0 saturated heterocycles. The normalized spacial score (nSPS) is 11.9. The zero-order chi connectivity index (χ0) is 16.9. The number of aromatic nitrogens is 2. The number of hydrogen-bond acceptors (Lipinski definition) is 3. The van der Waals surface area contributed by atoms with Gasteiger partial charge in [0.15, 0.2) is 5.16 Å². The lowest BCUT2D eigenvalue weighted by Crippen LogP contribution is -2.22. The van der Waals surface area contributed by atoms with Gasteiger partial charge in [0.1, 0.15) is 0 Å². The summed E-state index contributed by atoms with van der Waals surface area (Å²) in [6.07, 6.45) is 1.79. The second kappa shape index (κ2) is 7.36. The number of imidazole rings is 1. The molecule has 3 rings (SSSR count). The number of rotatable bonds is 5. The Balaban J connectivity index is 1.62. The third kappa shape index (κ3) is 4.06. The number of nitrogens with one attached hydrogen (secondary N) is 2. The van der Waals surface area contributed by atoms with Crippen LogP contribution in [0.3, 0.4) is 0 Å². The maximum Gasteiger partial charge on any atom is 0.237 e. The Bertz CT molecular complexity index is 812. The summed E-state index contributed by atoms with van der Waals surface area (Å²) in [5.74, 6) is -0.0403. The van der Waals surface area contributed by atoms with E-state index in [-0.39, 0.29) is 11.2 Å². The molecular formula is C19H19N3OS. The third-order valence-corrected chi connectivity index (χ3v) is 4.61. The van der Waals surface area contributed by atoms with Crippen LogP contribution >= 0.6 is 11.8 Å². The highest BCUT2D eigenvalue weighted by molar-refractivity contribution is 8.00. The van der Waals surface area contributed by atoms with Gasteiger partial charge in [-0.1, -0.05) is 59.8 Å². The Morgan fingerprint density at radius 1 is 1.12 bits per heavy atom. The summed E-state index contributed by atoms with van der Waals surface area (Å²) in [5, 5.41) is 3.41. The van der Waals surface area contributed by atoms with Gasteiger partial charge in [-0.15, -0.1) is 0 Å². The van der Waals surface area contributed by atoms with Crippen molar-refractivity contribution in [3.63, 3.8) is 0 Å². The average Bonchev–Trinajstić information content (AvgIpc) is 3.06. The van der Waals surface area contributed by atoms with Crippen molar-refractivity contribution in [3.05, 3.63) is 66.4 Å². The molecule has 0 unspecified atom stereocenters. The van der Waals surface area contributed by atoms with Crippen LogP contribution in [0.15, 0.2) is 66.0 Å². The minimum atomic E-state index is -0.249. The van der Waals surface area contributed by atoms with E-state index in [1.54, 1.807) is 6.20 Å². The zero-order valence-electron chi connectivity index (χ0n) is 13.6. The molecule has 5 heteroatoms. The van der Waals surface area contributed by atoms with Crippen LogP contribution in [0, 0.1) is 6.92 Å². The van der Waals surface area contributed by atoms with Gasteiger partial charge in [-0.2, -0.15) is 0 Å². The van der Waals surface area contributed by atoms with Crippen LogP contribution in [0.5, 0.6) is 0 Å². The maximum absolute atomic E-state index is 12.3. The highest BCUT2D eigenvalue weighted by atomic mass is 32.2. The number of anilines is 1. The first-order valence-electron chi connectivity index (χ1n) is 7.76. The van der Waals surface area contributed by atoms with Crippen molar-refractivity contribution >= 4 is 23.4 Å². The number of nitrogens with zero attached hydrogens (tertiary/aromatic N) is 1. The predicted octanol–water partition coefficient (Wildman–Crippen LogP) is 4.50. The summed E-state index contributed by atoms with van der Waals surface area (Å²) < 4.78 is 0. The van der Waals surface area contributed by atoms with Crippen molar-refractivity contribution in [2.45, 2.75) is 24.3 Å². The number of benzene rings is 2. The average molecular weight is 337 g/mol. The van der Waals surface area contributed by atoms with E-state index in [1.807, 2.05) is 68.4 Å². The lowest BCUT2D eigenvalue weighted by molar-refractivity contribution is -0.115. The van der Waals surface area contributed by atoms with Gasteiger partial charge in [0.05, 0.1) is 17.1 Å².